The number of aliphatic hydroxyl groups is 1. The van der Waals surface area contributed by atoms with Crippen molar-refractivity contribution in [1.82, 2.24) is 0 Å². The number of esters is 1. The smallest absolute Gasteiger partial charge is 0.373 e. The van der Waals surface area contributed by atoms with Crippen LogP contribution in [0.1, 0.15) is 28.8 Å². The summed E-state index contributed by atoms with van der Waals surface area (Å²) in [6.07, 6.45) is 0. The van der Waals surface area contributed by atoms with Gasteiger partial charge in [0.1, 0.15) is 17.3 Å². The molecule has 0 amide bonds. The first-order chi connectivity index (χ1) is 9.91. The molecule has 1 unspecified atom stereocenters. The normalized spacial score (nSPS) is 13.6. The van der Waals surface area contributed by atoms with Crippen LogP contribution in [0.3, 0.4) is 0 Å². The largest absolute Gasteiger partial charge is 0.496 e. The molecule has 112 valence electrons. The van der Waals surface area contributed by atoms with Crippen molar-refractivity contribution in [3.8, 4) is 5.75 Å². The van der Waals surface area contributed by atoms with Crippen molar-refractivity contribution in [2.75, 3.05) is 14.2 Å². The van der Waals surface area contributed by atoms with Gasteiger partial charge in [-0.05, 0) is 31.2 Å². The van der Waals surface area contributed by atoms with Crippen molar-refractivity contribution in [2.24, 2.45) is 0 Å². The molecule has 0 bridgehead atoms. The van der Waals surface area contributed by atoms with Crippen LogP contribution in [-0.2, 0) is 10.3 Å². The molecule has 21 heavy (non-hydrogen) atoms. The van der Waals surface area contributed by atoms with E-state index in [1.165, 1.54) is 51.5 Å². The minimum Gasteiger partial charge on any atom is -0.496 e. The summed E-state index contributed by atoms with van der Waals surface area (Å²) in [5.74, 6) is -1.22. The summed E-state index contributed by atoms with van der Waals surface area (Å²) in [4.78, 5) is 11.4. The van der Waals surface area contributed by atoms with E-state index in [9.17, 15) is 14.3 Å². The SMILES string of the molecule is COC(=O)c1ccc(C(C)(O)c2c(F)cccc2OC)o1. The zero-order valence-electron chi connectivity index (χ0n) is 11.8. The van der Waals surface area contributed by atoms with E-state index in [1.807, 2.05) is 0 Å². The topological polar surface area (TPSA) is 68.9 Å². The molecule has 0 radical (unpaired) electrons. The minimum absolute atomic E-state index is 0.00583. The third-order valence-corrected chi connectivity index (χ3v) is 3.15. The molecule has 1 aromatic heterocycles. The van der Waals surface area contributed by atoms with Gasteiger partial charge in [-0.25, -0.2) is 9.18 Å². The highest BCUT2D eigenvalue weighted by molar-refractivity contribution is 5.86. The van der Waals surface area contributed by atoms with Crippen LogP contribution in [0.2, 0.25) is 0 Å². The van der Waals surface area contributed by atoms with Gasteiger partial charge in [-0.2, -0.15) is 0 Å². The monoisotopic (exact) mass is 294 g/mol. The zero-order chi connectivity index (χ0) is 15.6. The van der Waals surface area contributed by atoms with E-state index in [1.54, 1.807) is 0 Å². The Balaban J connectivity index is 2.52. The quantitative estimate of drug-likeness (QED) is 0.877. The van der Waals surface area contributed by atoms with Gasteiger partial charge in [0.15, 0.2) is 5.60 Å². The number of ether oxygens (including phenoxy) is 2. The number of benzene rings is 1. The van der Waals surface area contributed by atoms with E-state index in [0.717, 1.165) is 0 Å². The van der Waals surface area contributed by atoms with Crippen molar-refractivity contribution in [3.63, 3.8) is 0 Å². The molecule has 1 N–H and O–H groups in total. The number of halogens is 1. The zero-order valence-corrected chi connectivity index (χ0v) is 11.8. The Hall–Kier alpha value is -2.34. The Kier molecular flexibility index (Phi) is 3.99. The van der Waals surface area contributed by atoms with Gasteiger partial charge in [-0.3, -0.25) is 0 Å². The fourth-order valence-electron chi connectivity index (χ4n) is 2.08. The summed E-state index contributed by atoms with van der Waals surface area (Å²) in [6, 6.07) is 6.93. The summed E-state index contributed by atoms with van der Waals surface area (Å²) in [6.45, 7) is 1.35. The van der Waals surface area contributed by atoms with E-state index in [-0.39, 0.29) is 22.8 Å². The van der Waals surface area contributed by atoms with Crippen LogP contribution in [0, 0.1) is 5.82 Å². The molecule has 1 atom stereocenters. The predicted molar refractivity (Wildman–Crippen MR) is 71.7 cm³/mol. The highest BCUT2D eigenvalue weighted by atomic mass is 19.1. The Morgan fingerprint density at radius 3 is 2.62 bits per heavy atom. The molecule has 0 fully saturated rings. The number of carbonyl (C=O) groups excluding carboxylic acids is 1. The lowest BCUT2D eigenvalue weighted by Crippen LogP contribution is -2.24. The average molecular weight is 294 g/mol. The lowest BCUT2D eigenvalue weighted by Gasteiger charge is -2.24. The first kappa shape index (κ1) is 15.1. The molecule has 0 saturated carbocycles. The molecule has 5 nitrogen and oxygen atoms in total. The fraction of sp³-hybridized carbons (Fsp3) is 0.267. The van der Waals surface area contributed by atoms with Crippen LogP contribution in [0.25, 0.3) is 0 Å². The van der Waals surface area contributed by atoms with E-state index in [0.29, 0.717) is 0 Å². The van der Waals surface area contributed by atoms with Crippen molar-refractivity contribution < 1.29 is 28.2 Å². The summed E-state index contributed by atoms with van der Waals surface area (Å²) in [7, 11) is 2.58. The van der Waals surface area contributed by atoms with Crippen molar-refractivity contribution in [3.05, 3.63) is 53.2 Å². The lowest BCUT2D eigenvalue weighted by atomic mass is 9.92. The minimum atomic E-state index is -1.80. The number of furan rings is 1. The number of rotatable bonds is 4. The van der Waals surface area contributed by atoms with Gasteiger partial charge in [0, 0.05) is 0 Å². The standard InChI is InChI=1S/C15H15FO5/c1-15(18,12-8-7-11(21-12)14(17)20-3)13-9(16)5-4-6-10(13)19-2/h4-8,18H,1-3H3. The summed E-state index contributed by atoms with van der Waals surface area (Å²) < 4.78 is 28.9. The molecule has 0 spiro atoms. The molecule has 1 heterocycles. The van der Waals surface area contributed by atoms with E-state index >= 15 is 0 Å². The lowest BCUT2D eigenvalue weighted by molar-refractivity contribution is 0.0511. The van der Waals surface area contributed by atoms with Gasteiger partial charge in [-0.1, -0.05) is 6.07 Å². The number of hydrogen-bond acceptors (Lipinski definition) is 5. The second kappa shape index (κ2) is 5.57. The van der Waals surface area contributed by atoms with Crippen LogP contribution in [0.4, 0.5) is 4.39 Å². The van der Waals surface area contributed by atoms with Crippen LogP contribution in [0.15, 0.2) is 34.7 Å². The summed E-state index contributed by atoms with van der Waals surface area (Å²) >= 11 is 0. The molecule has 1 aromatic carbocycles. The summed E-state index contributed by atoms with van der Waals surface area (Å²) in [5.41, 5.74) is -1.87. The third kappa shape index (κ3) is 2.62. The maximum atomic E-state index is 14.1. The predicted octanol–water partition coefficient (Wildman–Crippen LogP) is 2.47. The first-order valence-electron chi connectivity index (χ1n) is 6.15. The molecular weight excluding hydrogens is 279 g/mol. The van der Waals surface area contributed by atoms with Gasteiger partial charge >= 0.3 is 5.97 Å². The molecule has 0 aliphatic carbocycles. The average Bonchev–Trinajstić information content (AvgIpc) is 2.96. The molecule has 2 rings (SSSR count). The van der Waals surface area contributed by atoms with Gasteiger partial charge < -0.3 is 19.0 Å². The Labute approximate surface area is 120 Å². The van der Waals surface area contributed by atoms with E-state index in [2.05, 4.69) is 4.74 Å². The van der Waals surface area contributed by atoms with Gasteiger partial charge in [0.05, 0.1) is 19.8 Å². The van der Waals surface area contributed by atoms with Gasteiger partial charge in [0.2, 0.25) is 5.76 Å². The Morgan fingerprint density at radius 2 is 2.00 bits per heavy atom. The Morgan fingerprint density at radius 1 is 1.29 bits per heavy atom. The van der Waals surface area contributed by atoms with E-state index in [4.69, 9.17) is 9.15 Å². The maximum Gasteiger partial charge on any atom is 0.373 e. The second-order valence-corrected chi connectivity index (χ2v) is 4.54. The van der Waals surface area contributed by atoms with E-state index < -0.39 is 17.4 Å². The Bertz CT molecular complexity index is 660. The number of carbonyl (C=O) groups is 1. The van der Waals surface area contributed by atoms with Crippen molar-refractivity contribution in [2.45, 2.75) is 12.5 Å². The summed E-state index contributed by atoms with van der Waals surface area (Å²) in [5, 5.41) is 10.7. The fourth-order valence-corrected chi connectivity index (χ4v) is 2.08. The molecule has 2 aromatic rings. The number of methoxy groups -OCH3 is 2. The molecular formula is C15H15FO5. The molecule has 0 aliphatic rings. The molecule has 0 saturated heterocycles. The number of hydrogen-bond donors (Lipinski definition) is 1. The first-order valence-corrected chi connectivity index (χ1v) is 6.15. The molecule has 6 heteroatoms. The van der Waals surface area contributed by atoms with Crippen LogP contribution in [-0.4, -0.2) is 25.3 Å². The molecule has 0 aliphatic heterocycles. The van der Waals surface area contributed by atoms with Crippen LogP contribution >= 0.6 is 0 Å². The third-order valence-electron chi connectivity index (χ3n) is 3.15. The highest BCUT2D eigenvalue weighted by Gasteiger charge is 2.36. The van der Waals surface area contributed by atoms with Gasteiger partial charge in [-0.15, -0.1) is 0 Å². The van der Waals surface area contributed by atoms with Gasteiger partial charge in [0.25, 0.3) is 0 Å². The maximum absolute atomic E-state index is 14.1. The van der Waals surface area contributed by atoms with Crippen molar-refractivity contribution >= 4 is 5.97 Å². The second-order valence-electron chi connectivity index (χ2n) is 4.54. The van der Waals surface area contributed by atoms with Crippen LogP contribution < -0.4 is 4.74 Å². The highest BCUT2D eigenvalue weighted by Crippen LogP contribution is 2.37. The van der Waals surface area contributed by atoms with Crippen LogP contribution in [0.5, 0.6) is 5.75 Å². The van der Waals surface area contributed by atoms with Crippen molar-refractivity contribution in [1.29, 1.82) is 0 Å².